The fourth-order valence-corrected chi connectivity index (χ4v) is 3.86. The van der Waals surface area contributed by atoms with Crippen LogP contribution in [0.25, 0.3) is 0 Å². The molecule has 19 heavy (non-hydrogen) atoms. The summed E-state index contributed by atoms with van der Waals surface area (Å²) < 4.78 is 6.26. The standard InChI is InChI=1S/C16H20N2O/c1-17-9-15-14-8-12(19-16(15)18(2)10-17)7-11-5-3-4-6-13(11)14/h3-6,12,14H,7-10H2,1-2H3/t12-,14-/m1/s1. The predicted molar refractivity (Wildman–Crippen MR) is 74.7 cm³/mol. The molecule has 0 saturated heterocycles. The molecule has 0 radical (unpaired) electrons. The Morgan fingerprint density at radius 1 is 1.21 bits per heavy atom. The number of benzene rings is 1. The minimum Gasteiger partial charge on any atom is -0.475 e. The molecule has 3 nitrogen and oxygen atoms in total. The van der Waals surface area contributed by atoms with Gasteiger partial charge in [0.1, 0.15) is 6.10 Å². The lowest BCUT2D eigenvalue weighted by Gasteiger charge is -2.46. The third-order valence-corrected chi connectivity index (χ3v) is 4.59. The fourth-order valence-electron chi connectivity index (χ4n) is 3.86. The van der Waals surface area contributed by atoms with Crippen molar-refractivity contribution in [3.63, 3.8) is 0 Å². The Balaban J connectivity index is 1.84. The maximum atomic E-state index is 6.26. The SMILES string of the molecule is CN1CC2=C(O[C@@H]3Cc4ccccc4[C@H]2C3)N(C)C1. The normalized spacial score (nSPS) is 29.7. The van der Waals surface area contributed by atoms with Gasteiger partial charge in [0.15, 0.2) is 5.88 Å². The van der Waals surface area contributed by atoms with Crippen molar-refractivity contribution in [2.24, 2.45) is 0 Å². The molecule has 0 aromatic heterocycles. The van der Waals surface area contributed by atoms with Gasteiger partial charge in [-0.15, -0.1) is 0 Å². The van der Waals surface area contributed by atoms with Gasteiger partial charge in [0, 0.05) is 31.5 Å². The first-order valence-corrected chi connectivity index (χ1v) is 7.09. The van der Waals surface area contributed by atoms with Gasteiger partial charge in [-0.2, -0.15) is 0 Å². The molecule has 2 heterocycles. The highest BCUT2D eigenvalue weighted by Gasteiger charge is 2.39. The zero-order chi connectivity index (χ0) is 13.0. The lowest BCUT2D eigenvalue weighted by molar-refractivity contribution is -0.00330. The van der Waals surface area contributed by atoms with E-state index in [2.05, 4.69) is 48.2 Å². The molecule has 3 heteroatoms. The lowest BCUT2D eigenvalue weighted by Crippen LogP contribution is -2.46. The predicted octanol–water partition coefficient (Wildman–Crippen LogP) is 2.16. The number of likely N-dealkylation sites (N-methyl/N-ethyl adjacent to an activating group) is 1. The molecule has 4 rings (SSSR count). The van der Waals surface area contributed by atoms with Crippen LogP contribution in [0.5, 0.6) is 0 Å². The Morgan fingerprint density at radius 3 is 2.95 bits per heavy atom. The van der Waals surface area contributed by atoms with Crippen molar-refractivity contribution in [1.82, 2.24) is 9.80 Å². The van der Waals surface area contributed by atoms with E-state index < -0.39 is 0 Å². The van der Waals surface area contributed by atoms with Crippen LogP contribution in [0.4, 0.5) is 0 Å². The van der Waals surface area contributed by atoms with Crippen molar-refractivity contribution in [2.45, 2.75) is 24.9 Å². The van der Waals surface area contributed by atoms with Crippen LogP contribution in [-0.4, -0.2) is 43.2 Å². The molecule has 2 aliphatic heterocycles. The minimum atomic E-state index is 0.365. The van der Waals surface area contributed by atoms with E-state index in [0.29, 0.717) is 12.0 Å². The molecule has 0 unspecified atom stereocenters. The quantitative estimate of drug-likeness (QED) is 0.707. The molecule has 2 atom stereocenters. The molecular formula is C16H20N2O. The molecule has 2 bridgehead atoms. The van der Waals surface area contributed by atoms with E-state index in [1.807, 2.05) is 0 Å². The summed E-state index contributed by atoms with van der Waals surface area (Å²) in [6.07, 6.45) is 2.58. The summed E-state index contributed by atoms with van der Waals surface area (Å²) in [6, 6.07) is 8.89. The average molecular weight is 256 g/mol. The van der Waals surface area contributed by atoms with E-state index in [1.165, 1.54) is 16.7 Å². The Kier molecular flexibility index (Phi) is 2.39. The molecule has 100 valence electrons. The largest absolute Gasteiger partial charge is 0.475 e. The van der Waals surface area contributed by atoms with E-state index in [1.54, 1.807) is 0 Å². The van der Waals surface area contributed by atoms with Crippen LogP contribution in [0, 0.1) is 0 Å². The zero-order valence-electron chi connectivity index (χ0n) is 11.6. The summed E-state index contributed by atoms with van der Waals surface area (Å²) in [4.78, 5) is 4.62. The molecule has 3 aliphatic rings. The third kappa shape index (κ3) is 1.68. The highest BCUT2D eigenvalue weighted by Crippen LogP contribution is 2.45. The Bertz CT molecular complexity index is 551. The van der Waals surface area contributed by atoms with Crippen LogP contribution < -0.4 is 0 Å². The first kappa shape index (κ1) is 11.4. The van der Waals surface area contributed by atoms with E-state index in [9.17, 15) is 0 Å². The molecule has 0 saturated carbocycles. The van der Waals surface area contributed by atoms with Gasteiger partial charge >= 0.3 is 0 Å². The second-order valence-corrected chi connectivity index (χ2v) is 6.12. The molecule has 1 aliphatic carbocycles. The second kappa shape index (κ2) is 4.01. The van der Waals surface area contributed by atoms with Gasteiger partial charge in [0.25, 0.3) is 0 Å². The van der Waals surface area contributed by atoms with Crippen LogP contribution in [0.1, 0.15) is 23.5 Å². The van der Waals surface area contributed by atoms with Gasteiger partial charge in [0.2, 0.25) is 0 Å². The highest BCUT2D eigenvalue weighted by atomic mass is 16.5. The monoisotopic (exact) mass is 256 g/mol. The van der Waals surface area contributed by atoms with E-state index in [0.717, 1.165) is 31.9 Å². The van der Waals surface area contributed by atoms with Crippen molar-refractivity contribution >= 4 is 0 Å². The summed E-state index contributed by atoms with van der Waals surface area (Å²) in [7, 11) is 4.32. The summed E-state index contributed by atoms with van der Waals surface area (Å²) in [6.45, 7) is 1.99. The molecule has 1 aromatic rings. The maximum Gasteiger partial charge on any atom is 0.191 e. The van der Waals surface area contributed by atoms with Gasteiger partial charge in [-0.3, -0.25) is 4.90 Å². The highest BCUT2D eigenvalue weighted by molar-refractivity contribution is 5.42. The van der Waals surface area contributed by atoms with E-state index >= 15 is 0 Å². The summed E-state index contributed by atoms with van der Waals surface area (Å²) in [5, 5.41) is 0. The lowest BCUT2D eigenvalue weighted by atomic mass is 9.75. The number of hydrogen-bond acceptors (Lipinski definition) is 3. The maximum absolute atomic E-state index is 6.26. The van der Waals surface area contributed by atoms with Crippen molar-refractivity contribution in [3.8, 4) is 0 Å². The summed E-state index contributed by atoms with van der Waals surface area (Å²) in [5.41, 5.74) is 4.48. The number of rotatable bonds is 0. The van der Waals surface area contributed by atoms with Gasteiger partial charge in [-0.25, -0.2) is 0 Å². The Hall–Kier alpha value is -1.48. The van der Waals surface area contributed by atoms with Crippen LogP contribution in [0.2, 0.25) is 0 Å². The van der Waals surface area contributed by atoms with Gasteiger partial charge in [0.05, 0.1) is 6.67 Å². The van der Waals surface area contributed by atoms with Crippen molar-refractivity contribution < 1.29 is 4.74 Å². The van der Waals surface area contributed by atoms with Crippen molar-refractivity contribution in [1.29, 1.82) is 0 Å². The molecular weight excluding hydrogens is 236 g/mol. The number of fused-ring (bicyclic) bond motifs is 5. The Morgan fingerprint density at radius 2 is 2.05 bits per heavy atom. The van der Waals surface area contributed by atoms with Crippen LogP contribution in [0.15, 0.2) is 35.7 Å². The van der Waals surface area contributed by atoms with Crippen LogP contribution >= 0.6 is 0 Å². The van der Waals surface area contributed by atoms with Crippen molar-refractivity contribution in [3.05, 3.63) is 46.8 Å². The first-order valence-electron chi connectivity index (χ1n) is 7.09. The third-order valence-electron chi connectivity index (χ3n) is 4.59. The number of ether oxygens (including phenoxy) is 1. The second-order valence-electron chi connectivity index (χ2n) is 6.12. The van der Waals surface area contributed by atoms with Crippen molar-refractivity contribution in [2.75, 3.05) is 27.3 Å². The zero-order valence-corrected chi connectivity index (χ0v) is 11.6. The first-order chi connectivity index (χ1) is 9.22. The number of nitrogens with zero attached hydrogens (tertiary/aromatic N) is 2. The van der Waals surface area contributed by atoms with Crippen LogP contribution in [-0.2, 0) is 11.2 Å². The smallest absolute Gasteiger partial charge is 0.191 e. The van der Waals surface area contributed by atoms with Crippen LogP contribution in [0.3, 0.4) is 0 Å². The summed E-state index contributed by atoms with van der Waals surface area (Å²) in [5.74, 6) is 1.71. The average Bonchev–Trinajstić information content (AvgIpc) is 2.40. The molecule has 0 fully saturated rings. The summed E-state index contributed by atoms with van der Waals surface area (Å²) >= 11 is 0. The Labute approximate surface area is 114 Å². The van der Waals surface area contributed by atoms with Gasteiger partial charge in [-0.05, 0) is 24.6 Å². The minimum absolute atomic E-state index is 0.365. The van der Waals surface area contributed by atoms with E-state index in [-0.39, 0.29) is 0 Å². The van der Waals surface area contributed by atoms with Gasteiger partial charge in [-0.1, -0.05) is 24.3 Å². The topological polar surface area (TPSA) is 15.7 Å². The number of hydrogen-bond donors (Lipinski definition) is 0. The molecule has 0 amide bonds. The molecule has 0 spiro atoms. The van der Waals surface area contributed by atoms with Gasteiger partial charge < -0.3 is 9.64 Å². The fraction of sp³-hybridized carbons (Fsp3) is 0.500. The molecule has 1 aromatic carbocycles. The molecule has 0 N–H and O–H groups in total. The van der Waals surface area contributed by atoms with E-state index in [4.69, 9.17) is 4.74 Å².